The number of carbonyl (C=O) groups excluding carboxylic acids is 1. The topological polar surface area (TPSA) is 73.9 Å². The van der Waals surface area contributed by atoms with Crippen molar-refractivity contribution < 1.29 is 13.9 Å². The predicted molar refractivity (Wildman–Crippen MR) is 116 cm³/mol. The number of rotatable bonds is 2. The van der Waals surface area contributed by atoms with Crippen molar-refractivity contribution in [2.75, 3.05) is 0 Å². The lowest BCUT2D eigenvalue weighted by Crippen LogP contribution is -2.11. The summed E-state index contributed by atoms with van der Waals surface area (Å²) in [5.74, 6) is 0.610. The van der Waals surface area contributed by atoms with Gasteiger partial charge < -0.3 is 4.74 Å². The molecule has 3 aromatic carbocycles. The normalized spacial score (nSPS) is 12.0. The van der Waals surface area contributed by atoms with Gasteiger partial charge in [0.15, 0.2) is 5.78 Å². The van der Waals surface area contributed by atoms with Gasteiger partial charge in [-0.2, -0.15) is 10.5 Å². The molecule has 31 heavy (non-hydrogen) atoms. The lowest BCUT2D eigenvalue weighted by molar-refractivity contribution is 0.0972. The molecular formula is C24H15Cl2FN2O2. The number of carbonyl (C=O) groups is 1. The Morgan fingerprint density at radius 1 is 0.871 bits per heavy atom. The average Bonchev–Trinajstić information content (AvgIpc) is 2.75. The lowest BCUT2D eigenvalue weighted by Gasteiger charge is -2.18. The Bertz CT molecular complexity index is 1230. The molecule has 0 aromatic heterocycles. The fraction of sp³-hybridized carbons (Fsp3) is 0.125. The van der Waals surface area contributed by atoms with E-state index in [-0.39, 0.29) is 11.3 Å². The Morgan fingerprint density at radius 2 is 1.55 bits per heavy atom. The van der Waals surface area contributed by atoms with Crippen molar-refractivity contribution in [3.63, 3.8) is 0 Å². The van der Waals surface area contributed by atoms with E-state index in [2.05, 4.69) is 6.07 Å². The first-order valence-electron chi connectivity index (χ1n) is 9.30. The molecular weight excluding hydrogens is 438 g/mol. The van der Waals surface area contributed by atoms with Crippen molar-refractivity contribution in [2.24, 2.45) is 0 Å². The van der Waals surface area contributed by atoms with Gasteiger partial charge in [0.25, 0.3) is 0 Å². The first kappa shape index (κ1) is 22.3. The molecule has 4 nitrogen and oxygen atoms in total. The Balaban J connectivity index is 0.000000229. The first-order chi connectivity index (χ1) is 14.9. The van der Waals surface area contributed by atoms with Gasteiger partial charge in [0.1, 0.15) is 29.5 Å². The van der Waals surface area contributed by atoms with Crippen LogP contribution in [0.15, 0.2) is 54.6 Å². The van der Waals surface area contributed by atoms with E-state index in [1.807, 2.05) is 12.1 Å². The van der Waals surface area contributed by atoms with E-state index < -0.39 is 5.82 Å². The minimum absolute atomic E-state index is 0.0180. The number of benzene rings is 3. The number of halogens is 3. The Kier molecular flexibility index (Phi) is 7.26. The average molecular weight is 453 g/mol. The van der Waals surface area contributed by atoms with E-state index >= 15 is 0 Å². The van der Waals surface area contributed by atoms with Crippen LogP contribution in [0, 0.1) is 28.5 Å². The fourth-order valence-electron chi connectivity index (χ4n) is 3.11. The van der Waals surface area contributed by atoms with E-state index in [4.69, 9.17) is 38.5 Å². The predicted octanol–water partition coefficient (Wildman–Crippen LogP) is 6.87. The molecule has 0 aliphatic heterocycles. The molecule has 0 saturated heterocycles. The number of hydrogen-bond acceptors (Lipinski definition) is 4. The minimum Gasteiger partial charge on any atom is -0.456 e. The summed E-state index contributed by atoms with van der Waals surface area (Å²) in [6.07, 6.45) is 2.21. The largest absolute Gasteiger partial charge is 0.456 e. The zero-order valence-corrected chi connectivity index (χ0v) is 17.7. The van der Waals surface area contributed by atoms with Gasteiger partial charge in [-0.25, -0.2) is 4.39 Å². The maximum Gasteiger partial charge on any atom is 0.163 e. The molecule has 0 fully saturated rings. The second-order valence-corrected chi connectivity index (χ2v) is 7.52. The monoisotopic (exact) mass is 452 g/mol. The number of Topliss-reactive ketones (excluding diaryl/α,β-unsaturated/α-hetero) is 1. The highest BCUT2D eigenvalue weighted by molar-refractivity contribution is 6.31. The lowest BCUT2D eigenvalue weighted by atomic mass is 9.90. The molecule has 0 radical (unpaired) electrons. The molecule has 1 aliphatic rings. The van der Waals surface area contributed by atoms with Crippen LogP contribution in [-0.4, -0.2) is 5.78 Å². The summed E-state index contributed by atoms with van der Waals surface area (Å²) in [5, 5.41) is 18.2. The maximum absolute atomic E-state index is 12.5. The van der Waals surface area contributed by atoms with Crippen LogP contribution in [0.4, 0.5) is 4.39 Å². The molecule has 0 unspecified atom stereocenters. The van der Waals surface area contributed by atoms with Gasteiger partial charge >= 0.3 is 0 Å². The third-order valence-electron chi connectivity index (χ3n) is 4.60. The van der Waals surface area contributed by atoms with Gasteiger partial charge in [-0.1, -0.05) is 35.3 Å². The van der Waals surface area contributed by atoms with Gasteiger partial charge in [-0.3, -0.25) is 4.79 Å². The van der Waals surface area contributed by atoms with Gasteiger partial charge in [0, 0.05) is 33.7 Å². The van der Waals surface area contributed by atoms with E-state index in [0.29, 0.717) is 33.5 Å². The molecule has 0 atom stereocenters. The quantitative estimate of drug-likeness (QED) is 0.424. The summed E-state index contributed by atoms with van der Waals surface area (Å²) in [5.41, 5.74) is 2.07. The summed E-state index contributed by atoms with van der Waals surface area (Å²) >= 11 is 11.4. The first-order valence-corrected chi connectivity index (χ1v) is 10.1. The van der Waals surface area contributed by atoms with Crippen LogP contribution < -0.4 is 4.74 Å². The second kappa shape index (κ2) is 10.1. The molecule has 154 valence electrons. The Labute approximate surface area is 189 Å². The summed E-state index contributed by atoms with van der Waals surface area (Å²) in [4.78, 5) is 11.9. The van der Waals surface area contributed by atoms with Gasteiger partial charge in [-0.15, -0.1) is 0 Å². The zero-order chi connectivity index (χ0) is 22.4. The number of fused-ring (bicyclic) bond motifs is 1. The highest BCUT2D eigenvalue weighted by Gasteiger charge is 2.21. The Hall–Kier alpha value is -3.38. The van der Waals surface area contributed by atoms with Crippen molar-refractivity contribution in [3.8, 4) is 23.6 Å². The molecule has 1 aliphatic carbocycles. The standard InChI is InChI=1S/C17H12ClNO2.C7H3ClFN/c18-12-8-7-11(10-19)17(9-12)21-16-6-2-3-13-14(16)4-1-5-15(13)20;8-6-2-1-5(4-10)7(9)3-6/h2-3,6-9H,1,4-5H2;1-3H. The fourth-order valence-corrected chi connectivity index (χ4v) is 3.43. The molecule has 3 aromatic rings. The van der Waals surface area contributed by atoms with E-state index in [1.54, 1.807) is 30.3 Å². The highest BCUT2D eigenvalue weighted by Crippen LogP contribution is 2.34. The van der Waals surface area contributed by atoms with Gasteiger partial charge in [0.05, 0.1) is 11.1 Å². The van der Waals surface area contributed by atoms with E-state index in [9.17, 15) is 9.18 Å². The Morgan fingerprint density at radius 3 is 2.23 bits per heavy atom. The molecule has 0 N–H and O–H groups in total. The number of nitriles is 2. The van der Waals surface area contributed by atoms with Crippen LogP contribution >= 0.6 is 23.2 Å². The molecule has 7 heteroatoms. The van der Waals surface area contributed by atoms with Crippen molar-refractivity contribution in [1.82, 2.24) is 0 Å². The SMILES string of the molecule is N#Cc1ccc(Cl)cc1F.N#Cc1ccc(Cl)cc1Oc1cccc2c1CCCC2=O. The molecule has 0 heterocycles. The maximum atomic E-state index is 12.5. The number of nitrogens with zero attached hydrogens (tertiary/aromatic N) is 2. The second-order valence-electron chi connectivity index (χ2n) is 6.65. The summed E-state index contributed by atoms with van der Waals surface area (Å²) in [7, 11) is 0. The van der Waals surface area contributed by atoms with Crippen LogP contribution in [-0.2, 0) is 6.42 Å². The smallest absolute Gasteiger partial charge is 0.163 e. The van der Waals surface area contributed by atoms with Crippen LogP contribution in [0.3, 0.4) is 0 Å². The van der Waals surface area contributed by atoms with E-state index in [0.717, 1.165) is 30.0 Å². The van der Waals surface area contributed by atoms with Crippen molar-refractivity contribution >= 4 is 29.0 Å². The van der Waals surface area contributed by atoms with Crippen molar-refractivity contribution in [3.05, 3.63) is 92.7 Å². The number of ketones is 1. The zero-order valence-electron chi connectivity index (χ0n) is 16.2. The van der Waals surface area contributed by atoms with Crippen LogP contribution in [0.2, 0.25) is 10.0 Å². The van der Waals surface area contributed by atoms with Crippen LogP contribution in [0.5, 0.6) is 11.5 Å². The molecule has 0 saturated carbocycles. The molecule has 4 rings (SSSR count). The van der Waals surface area contributed by atoms with Gasteiger partial charge in [0.2, 0.25) is 0 Å². The number of hydrogen-bond donors (Lipinski definition) is 0. The molecule has 0 bridgehead atoms. The molecule has 0 amide bonds. The van der Waals surface area contributed by atoms with Crippen LogP contribution in [0.1, 0.15) is 39.9 Å². The summed E-state index contributed by atoms with van der Waals surface area (Å²) in [6, 6.07) is 18.0. The van der Waals surface area contributed by atoms with Crippen molar-refractivity contribution in [2.45, 2.75) is 19.3 Å². The summed E-state index contributed by atoms with van der Waals surface area (Å²) in [6.45, 7) is 0. The third-order valence-corrected chi connectivity index (χ3v) is 5.07. The van der Waals surface area contributed by atoms with Crippen LogP contribution in [0.25, 0.3) is 0 Å². The third kappa shape index (κ3) is 5.41. The number of ether oxygens (including phenoxy) is 1. The van der Waals surface area contributed by atoms with Crippen molar-refractivity contribution in [1.29, 1.82) is 10.5 Å². The molecule has 0 spiro atoms. The highest BCUT2D eigenvalue weighted by atomic mass is 35.5. The van der Waals surface area contributed by atoms with Gasteiger partial charge in [-0.05, 0) is 49.2 Å². The minimum atomic E-state index is -0.574. The van der Waals surface area contributed by atoms with E-state index in [1.165, 1.54) is 12.1 Å². The summed E-state index contributed by atoms with van der Waals surface area (Å²) < 4.78 is 18.4.